The number of hydrogen-bond donors (Lipinski definition) is 1. The van der Waals surface area contributed by atoms with Crippen molar-refractivity contribution in [2.75, 3.05) is 11.9 Å². The van der Waals surface area contributed by atoms with Crippen molar-refractivity contribution in [3.8, 4) is 5.75 Å². The van der Waals surface area contributed by atoms with Gasteiger partial charge in [0.25, 0.3) is 0 Å². The Morgan fingerprint density at radius 2 is 1.94 bits per heavy atom. The Kier molecular flexibility index (Phi) is 6.00. The van der Waals surface area contributed by atoms with E-state index in [-0.39, 0.29) is 0 Å². The van der Waals surface area contributed by atoms with Crippen LogP contribution in [0.15, 0.2) is 83.9 Å². The number of rotatable bonds is 6. The minimum Gasteiger partial charge on any atom is -0.492 e. The molecule has 5 rings (SSSR count). The third kappa shape index (κ3) is 4.18. The van der Waals surface area contributed by atoms with E-state index in [0.717, 1.165) is 29.8 Å². The van der Waals surface area contributed by atoms with Crippen LogP contribution in [-0.4, -0.2) is 12.8 Å². The Morgan fingerprint density at radius 3 is 2.75 bits per heavy atom. The molecule has 3 aromatic rings. The number of fused-ring (bicyclic) bond motifs is 3. The largest absolute Gasteiger partial charge is 0.492 e. The van der Waals surface area contributed by atoms with E-state index in [0.29, 0.717) is 29.5 Å². The van der Waals surface area contributed by atoms with Gasteiger partial charge in [-0.3, -0.25) is 4.99 Å². The molecule has 3 atom stereocenters. The number of hydrogen-bond acceptors (Lipinski definition) is 3. The number of anilines is 1. The molecule has 32 heavy (non-hydrogen) atoms. The molecule has 0 fully saturated rings. The van der Waals surface area contributed by atoms with E-state index in [1.165, 1.54) is 16.8 Å². The number of para-hydroxylation sites is 1. The summed E-state index contributed by atoms with van der Waals surface area (Å²) < 4.78 is 5.64. The first-order valence-corrected chi connectivity index (χ1v) is 11.7. The van der Waals surface area contributed by atoms with Crippen LogP contribution in [0.25, 0.3) is 0 Å². The number of halogens is 1. The Balaban J connectivity index is 1.31. The predicted octanol–water partition coefficient (Wildman–Crippen LogP) is 7.71. The molecule has 162 valence electrons. The second kappa shape index (κ2) is 9.22. The van der Waals surface area contributed by atoms with E-state index >= 15 is 0 Å². The number of ether oxygens (including phenoxy) is 1. The van der Waals surface area contributed by atoms with E-state index < -0.39 is 0 Å². The van der Waals surface area contributed by atoms with Crippen molar-refractivity contribution in [3.05, 3.63) is 101 Å². The van der Waals surface area contributed by atoms with Gasteiger partial charge in [-0.1, -0.05) is 61.0 Å². The maximum Gasteiger partial charge on any atom is 0.137 e. The van der Waals surface area contributed by atoms with Crippen LogP contribution in [0.2, 0.25) is 5.02 Å². The van der Waals surface area contributed by atoms with Gasteiger partial charge in [-0.15, -0.1) is 0 Å². The number of nitrogens with one attached hydrogen (secondary N) is 1. The van der Waals surface area contributed by atoms with Crippen LogP contribution in [0, 0.1) is 5.92 Å². The highest BCUT2D eigenvalue weighted by molar-refractivity contribution is 6.32. The molecule has 0 saturated heterocycles. The van der Waals surface area contributed by atoms with Crippen molar-refractivity contribution in [2.45, 2.75) is 31.7 Å². The zero-order valence-corrected chi connectivity index (χ0v) is 18.9. The molecule has 0 unspecified atom stereocenters. The van der Waals surface area contributed by atoms with Crippen molar-refractivity contribution in [1.82, 2.24) is 0 Å². The fraction of sp³-hybridized carbons (Fsp3) is 0.250. The van der Waals surface area contributed by atoms with E-state index in [4.69, 9.17) is 16.3 Å². The highest BCUT2D eigenvalue weighted by Crippen LogP contribution is 2.49. The first-order valence-electron chi connectivity index (χ1n) is 11.3. The summed E-state index contributed by atoms with van der Waals surface area (Å²) in [6.07, 6.45) is 8.61. The zero-order chi connectivity index (χ0) is 21.9. The molecule has 3 nitrogen and oxygen atoms in total. The summed E-state index contributed by atoms with van der Waals surface area (Å²) in [7, 11) is 0. The summed E-state index contributed by atoms with van der Waals surface area (Å²) in [6, 6.07) is 23.3. The van der Waals surface area contributed by atoms with E-state index in [1.807, 2.05) is 24.4 Å². The normalized spacial score (nSPS) is 21.2. The third-order valence-electron chi connectivity index (χ3n) is 6.30. The standard InChI is InChI=1S/C28H27ClN2O/c1-2-16-32-27-15-10-19(17-25(27)29)18-30-21-13-11-20(12-14-21)28-24-8-5-7-22(24)23-6-3-4-9-26(23)31-28/h3-7,9-15,17-18,22,24,28,31H,2,8,16H2,1H3/t22-,24+,28-/m0/s1. The Hall–Kier alpha value is -3.04. The van der Waals surface area contributed by atoms with Crippen LogP contribution in [0.5, 0.6) is 5.75 Å². The zero-order valence-electron chi connectivity index (χ0n) is 18.2. The maximum absolute atomic E-state index is 6.34. The van der Waals surface area contributed by atoms with Crippen LogP contribution in [0.1, 0.15) is 48.4 Å². The van der Waals surface area contributed by atoms with Crippen LogP contribution in [0.3, 0.4) is 0 Å². The summed E-state index contributed by atoms with van der Waals surface area (Å²) in [5, 5.41) is 4.40. The predicted molar refractivity (Wildman–Crippen MR) is 134 cm³/mol. The fourth-order valence-electron chi connectivity index (χ4n) is 4.72. The lowest BCUT2D eigenvalue weighted by molar-refractivity contribution is 0.317. The quantitative estimate of drug-likeness (QED) is 0.313. The topological polar surface area (TPSA) is 33.6 Å². The number of allylic oxidation sites excluding steroid dienone is 2. The Labute approximate surface area is 194 Å². The summed E-state index contributed by atoms with van der Waals surface area (Å²) in [6.45, 7) is 2.74. The maximum atomic E-state index is 6.34. The monoisotopic (exact) mass is 442 g/mol. The minimum absolute atomic E-state index is 0.303. The van der Waals surface area contributed by atoms with Crippen LogP contribution in [0.4, 0.5) is 11.4 Å². The molecule has 3 aromatic carbocycles. The second-order valence-electron chi connectivity index (χ2n) is 8.45. The lowest BCUT2D eigenvalue weighted by Crippen LogP contribution is -2.28. The molecule has 0 bridgehead atoms. The highest BCUT2D eigenvalue weighted by Gasteiger charge is 2.37. The lowest BCUT2D eigenvalue weighted by Gasteiger charge is -2.37. The Bertz CT molecular complexity index is 1150. The van der Waals surface area contributed by atoms with Crippen molar-refractivity contribution in [3.63, 3.8) is 0 Å². The molecule has 0 amide bonds. The molecule has 0 radical (unpaired) electrons. The van der Waals surface area contributed by atoms with Gasteiger partial charge in [0.2, 0.25) is 0 Å². The molecule has 4 heteroatoms. The number of benzene rings is 3. The first-order chi connectivity index (χ1) is 15.7. The van der Waals surface area contributed by atoms with Crippen molar-refractivity contribution >= 4 is 29.2 Å². The van der Waals surface area contributed by atoms with Gasteiger partial charge < -0.3 is 10.1 Å². The van der Waals surface area contributed by atoms with Crippen molar-refractivity contribution in [1.29, 1.82) is 0 Å². The highest BCUT2D eigenvalue weighted by atomic mass is 35.5. The molecule has 1 N–H and O–H groups in total. The van der Waals surface area contributed by atoms with Gasteiger partial charge in [0, 0.05) is 17.8 Å². The van der Waals surface area contributed by atoms with Gasteiger partial charge in [0.15, 0.2) is 0 Å². The molecule has 0 saturated carbocycles. The number of aliphatic imine (C=N–C) groups is 1. The summed E-state index contributed by atoms with van der Waals surface area (Å²) in [5.41, 5.74) is 5.84. The molecule has 1 heterocycles. The van der Waals surface area contributed by atoms with Gasteiger partial charge in [0.05, 0.1) is 23.4 Å². The number of nitrogens with zero attached hydrogens (tertiary/aromatic N) is 1. The molecule has 1 aliphatic heterocycles. The summed E-state index contributed by atoms with van der Waals surface area (Å²) >= 11 is 6.34. The van der Waals surface area contributed by atoms with Crippen molar-refractivity contribution in [2.24, 2.45) is 10.9 Å². The van der Waals surface area contributed by atoms with Crippen LogP contribution < -0.4 is 10.1 Å². The summed E-state index contributed by atoms with van der Waals surface area (Å²) in [4.78, 5) is 4.64. The molecular weight excluding hydrogens is 416 g/mol. The average molecular weight is 443 g/mol. The van der Waals surface area contributed by atoms with E-state index in [2.05, 4.69) is 77.9 Å². The molecule has 1 aliphatic carbocycles. The fourth-order valence-corrected chi connectivity index (χ4v) is 4.96. The molecule has 0 aromatic heterocycles. The first kappa shape index (κ1) is 20.8. The van der Waals surface area contributed by atoms with Crippen molar-refractivity contribution < 1.29 is 4.74 Å². The van der Waals surface area contributed by atoms with E-state index in [9.17, 15) is 0 Å². The second-order valence-corrected chi connectivity index (χ2v) is 8.86. The third-order valence-corrected chi connectivity index (χ3v) is 6.60. The average Bonchev–Trinajstić information content (AvgIpc) is 3.32. The van der Waals surface area contributed by atoms with E-state index in [1.54, 1.807) is 0 Å². The summed E-state index contributed by atoms with van der Waals surface area (Å²) in [5.74, 6) is 1.76. The smallest absolute Gasteiger partial charge is 0.137 e. The SMILES string of the molecule is CCCOc1ccc(C=Nc2ccc([C@@H]3Nc4ccccc4[C@@H]4C=CC[C@H]43)cc2)cc1Cl. The molecule has 2 aliphatic rings. The lowest BCUT2D eigenvalue weighted by atomic mass is 9.77. The Morgan fingerprint density at radius 1 is 1.09 bits per heavy atom. The van der Waals surface area contributed by atoms with Gasteiger partial charge in [-0.05, 0) is 71.8 Å². The molecular formula is C28H27ClN2O. The van der Waals surface area contributed by atoms with Gasteiger partial charge in [-0.25, -0.2) is 0 Å². The molecule has 0 spiro atoms. The van der Waals surface area contributed by atoms with Crippen LogP contribution in [-0.2, 0) is 0 Å². The van der Waals surface area contributed by atoms with Crippen LogP contribution >= 0.6 is 11.6 Å². The van der Waals surface area contributed by atoms with Gasteiger partial charge >= 0.3 is 0 Å². The minimum atomic E-state index is 0.303. The van der Waals surface area contributed by atoms with Gasteiger partial charge in [0.1, 0.15) is 5.75 Å². The van der Waals surface area contributed by atoms with Gasteiger partial charge in [-0.2, -0.15) is 0 Å².